The molecule has 0 amide bonds. The highest BCUT2D eigenvalue weighted by molar-refractivity contribution is 7.89. The van der Waals surface area contributed by atoms with Crippen LogP contribution in [-0.4, -0.2) is 8.42 Å². The van der Waals surface area contributed by atoms with Crippen LogP contribution in [0.25, 0.3) is 0 Å². The first-order chi connectivity index (χ1) is 10.6. The zero-order valence-corrected chi connectivity index (χ0v) is 12.9. The number of aryl methyl sites for hydroxylation is 2. The van der Waals surface area contributed by atoms with E-state index in [0.29, 0.717) is 5.56 Å². The van der Waals surface area contributed by atoms with Crippen LogP contribution in [0.2, 0.25) is 0 Å². The summed E-state index contributed by atoms with van der Waals surface area (Å²) in [5, 5.41) is 0. The molecule has 0 aliphatic rings. The molecule has 2 rings (SSSR count). The smallest absolute Gasteiger partial charge is 0.257 e. The molecule has 9 heteroatoms. The summed E-state index contributed by atoms with van der Waals surface area (Å²) in [4.78, 5) is 1.51. The third-order valence-corrected chi connectivity index (χ3v) is 4.46. The van der Waals surface area contributed by atoms with E-state index in [4.69, 9.17) is 0 Å². The van der Waals surface area contributed by atoms with Gasteiger partial charge in [-0.25, -0.2) is 26.0 Å². The molecule has 0 unspecified atom stereocenters. The molecule has 0 fully saturated rings. The Morgan fingerprint density at radius 3 is 1.96 bits per heavy atom. The minimum Gasteiger partial charge on any atom is -0.302 e. The first-order valence-electron chi connectivity index (χ1n) is 6.31. The van der Waals surface area contributed by atoms with Gasteiger partial charge in [0.2, 0.25) is 0 Å². The predicted molar refractivity (Wildman–Crippen MR) is 76.1 cm³/mol. The molecule has 2 N–H and O–H groups in total. The summed E-state index contributed by atoms with van der Waals surface area (Å²) in [6.07, 6.45) is 0. The number of anilines is 1. The van der Waals surface area contributed by atoms with E-state index < -0.39 is 39.0 Å². The summed E-state index contributed by atoms with van der Waals surface area (Å²) in [6, 6.07) is 4.20. The second-order valence-corrected chi connectivity index (χ2v) is 6.50. The summed E-state index contributed by atoms with van der Waals surface area (Å²) >= 11 is 0. The molecule has 4 nitrogen and oxygen atoms in total. The van der Waals surface area contributed by atoms with E-state index in [-0.39, 0.29) is 11.0 Å². The molecule has 0 radical (unpaired) electrons. The van der Waals surface area contributed by atoms with Gasteiger partial charge < -0.3 is 5.43 Å². The Balaban J connectivity index is 2.32. The highest BCUT2D eigenvalue weighted by Crippen LogP contribution is 2.24. The number of hydrogen-bond donors (Lipinski definition) is 2. The van der Waals surface area contributed by atoms with E-state index in [1.54, 1.807) is 30.2 Å². The van der Waals surface area contributed by atoms with Gasteiger partial charge in [0.25, 0.3) is 10.0 Å². The third-order valence-electron chi connectivity index (χ3n) is 3.21. The van der Waals surface area contributed by atoms with Gasteiger partial charge in [0.1, 0.15) is 5.69 Å². The van der Waals surface area contributed by atoms with E-state index in [1.165, 1.54) is 12.1 Å². The molecule has 124 valence electrons. The fourth-order valence-corrected chi connectivity index (χ4v) is 2.67. The average Bonchev–Trinajstić information content (AvgIpc) is 2.48. The highest BCUT2D eigenvalue weighted by Gasteiger charge is 2.21. The number of hydrogen-bond acceptors (Lipinski definition) is 3. The first kappa shape index (κ1) is 17.2. The first-order valence-corrected chi connectivity index (χ1v) is 7.80. The Hall–Kier alpha value is -2.13. The normalized spacial score (nSPS) is 11.6. The van der Waals surface area contributed by atoms with Crippen LogP contribution < -0.4 is 10.3 Å². The maximum Gasteiger partial charge on any atom is 0.257 e. The van der Waals surface area contributed by atoms with Crippen molar-refractivity contribution < 1.29 is 26.0 Å². The van der Waals surface area contributed by atoms with Crippen LogP contribution in [0, 0.1) is 37.1 Å². The summed E-state index contributed by atoms with van der Waals surface area (Å²) in [7, 11) is -4.20. The zero-order chi connectivity index (χ0) is 17.4. The van der Waals surface area contributed by atoms with E-state index in [2.05, 4.69) is 0 Å². The van der Waals surface area contributed by atoms with Gasteiger partial charge in [0.05, 0.1) is 4.90 Å². The molecule has 0 heterocycles. The quantitative estimate of drug-likeness (QED) is 0.507. The van der Waals surface area contributed by atoms with Crippen molar-refractivity contribution in [2.75, 3.05) is 5.43 Å². The van der Waals surface area contributed by atoms with Gasteiger partial charge in [-0.2, -0.15) is 0 Å². The number of rotatable bonds is 4. The predicted octanol–water partition coefficient (Wildman–Crippen LogP) is 3.17. The Morgan fingerprint density at radius 1 is 0.870 bits per heavy atom. The van der Waals surface area contributed by atoms with Gasteiger partial charge in [-0.15, -0.1) is 4.83 Å². The molecule has 0 spiro atoms. The van der Waals surface area contributed by atoms with Gasteiger partial charge in [0, 0.05) is 6.07 Å². The van der Waals surface area contributed by atoms with Crippen LogP contribution in [0.15, 0.2) is 29.2 Å². The number of halogens is 4. The summed E-state index contributed by atoms with van der Waals surface area (Å²) in [5.74, 6) is -6.80. The number of sulfonamides is 1. The molecule has 23 heavy (non-hydrogen) atoms. The summed E-state index contributed by atoms with van der Waals surface area (Å²) < 4.78 is 77.1. The Bertz CT molecular complexity index is 843. The van der Waals surface area contributed by atoms with Crippen LogP contribution in [0.4, 0.5) is 23.2 Å². The minimum absolute atomic E-state index is 0.0215. The monoisotopic (exact) mass is 348 g/mol. The second-order valence-electron chi connectivity index (χ2n) is 4.82. The molecule has 0 aliphatic heterocycles. The molecule has 0 saturated heterocycles. The van der Waals surface area contributed by atoms with Crippen molar-refractivity contribution >= 4 is 15.7 Å². The highest BCUT2D eigenvalue weighted by atomic mass is 32.2. The molecule has 0 bridgehead atoms. The minimum atomic E-state index is -4.20. The van der Waals surface area contributed by atoms with Crippen molar-refractivity contribution in [3.63, 3.8) is 0 Å². The van der Waals surface area contributed by atoms with Crippen molar-refractivity contribution in [3.8, 4) is 0 Å². The Morgan fingerprint density at radius 2 is 1.43 bits per heavy atom. The van der Waals surface area contributed by atoms with Crippen LogP contribution in [0.1, 0.15) is 11.1 Å². The largest absolute Gasteiger partial charge is 0.302 e. The van der Waals surface area contributed by atoms with E-state index in [1.807, 2.05) is 0 Å². The number of benzene rings is 2. The van der Waals surface area contributed by atoms with Crippen molar-refractivity contribution in [3.05, 3.63) is 58.7 Å². The maximum absolute atomic E-state index is 13.5. The molecule has 2 aromatic rings. The molecule has 0 saturated carbocycles. The molecule has 2 aromatic carbocycles. The lowest BCUT2D eigenvalue weighted by Gasteiger charge is -2.12. The fraction of sp³-hybridized carbons (Fsp3) is 0.143. The maximum atomic E-state index is 13.5. The number of nitrogens with one attached hydrogen (secondary N) is 2. The van der Waals surface area contributed by atoms with Crippen molar-refractivity contribution in [2.45, 2.75) is 18.7 Å². The van der Waals surface area contributed by atoms with Crippen LogP contribution in [0.3, 0.4) is 0 Å². The van der Waals surface area contributed by atoms with E-state index in [9.17, 15) is 26.0 Å². The fourth-order valence-electron chi connectivity index (χ4n) is 1.74. The van der Waals surface area contributed by atoms with Gasteiger partial charge >= 0.3 is 0 Å². The summed E-state index contributed by atoms with van der Waals surface area (Å²) in [6.45, 7) is 3.46. The Kier molecular flexibility index (Phi) is 4.62. The lowest BCUT2D eigenvalue weighted by molar-refractivity contribution is 0.457. The lowest BCUT2D eigenvalue weighted by Crippen LogP contribution is -2.31. The zero-order valence-electron chi connectivity index (χ0n) is 12.0. The van der Waals surface area contributed by atoms with Crippen molar-refractivity contribution in [1.82, 2.24) is 4.83 Å². The standard InChI is InChI=1S/C14H12F4N2O2S/c1-7-3-4-9(5-8(7)2)23(21,22)20-19-14-12(17)10(15)6-11(16)13(14)18/h3-6,19-20H,1-2H3. The topological polar surface area (TPSA) is 58.2 Å². The SMILES string of the molecule is Cc1ccc(S(=O)(=O)NNc2c(F)c(F)cc(F)c2F)cc1C. The van der Waals surface area contributed by atoms with Gasteiger partial charge in [-0.3, -0.25) is 0 Å². The molecular weight excluding hydrogens is 336 g/mol. The van der Waals surface area contributed by atoms with Crippen molar-refractivity contribution in [2.24, 2.45) is 0 Å². The molecular formula is C14H12F4N2O2S. The van der Waals surface area contributed by atoms with Crippen LogP contribution >= 0.6 is 0 Å². The van der Waals surface area contributed by atoms with E-state index >= 15 is 0 Å². The lowest BCUT2D eigenvalue weighted by atomic mass is 10.1. The molecule has 0 aliphatic carbocycles. The van der Waals surface area contributed by atoms with Gasteiger partial charge in [-0.05, 0) is 37.1 Å². The van der Waals surface area contributed by atoms with Crippen LogP contribution in [0.5, 0.6) is 0 Å². The van der Waals surface area contributed by atoms with Crippen LogP contribution in [-0.2, 0) is 10.0 Å². The second kappa shape index (κ2) is 6.17. The number of hydrazine groups is 1. The van der Waals surface area contributed by atoms with E-state index in [0.717, 1.165) is 5.56 Å². The Labute approximate surface area is 130 Å². The van der Waals surface area contributed by atoms with Crippen molar-refractivity contribution in [1.29, 1.82) is 0 Å². The van der Waals surface area contributed by atoms with Gasteiger partial charge in [-0.1, -0.05) is 6.07 Å². The molecule has 0 atom stereocenters. The molecule has 0 aromatic heterocycles. The summed E-state index contributed by atoms with van der Waals surface area (Å²) in [5.41, 5.74) is 1.93. The van der Waals surface area contributed by atoms with Gasteiger partial charge in [0.15, 0.2) is 23.3 Å². The average molecular weight is 348 g/mol. The third kappa shape index (κ3) is 3.45.